The topological polar surface area (TPSA) is 170 Å². The molecular weight excluding hydrogens is 725 g/mol. The molecule has 0 spiro atoms. The fourth-order valence-electron chi connectivity index (χ4n) is 6.60. The van der Waals surface area contributed by atoms with Crippen molar-refractivity contribution in [2.45, 2.75) is 111 Å². The van der Waals surface area contributed by atoms with E-state index < -0.39 is 58.6 Å². The minimum atomic E-state index is -1.28. The predicted molar refractivity (Wildman–Crippen MR) is 211 cm³/mol. The molecule has 1 aliphatic heterocycles. The Balaban J connectivity index is 1.52. The van der Waals surface area contributed by atoms with Crippen LogP contribution in [0.1, 0.15) is 75.2 Å². The first-order chi connectivity index (χ1) is 25.8. The van der Waals surface area contributed by atoms with Crippen molar-refractivity contribution in [3.05, 3.63) is 42.3 Å². The summed E-state index contributed by atoms with van der Waals surface area (Å²) in [4.78, 5) is 66.2. The Morgan fingerprint density at radius 2 is 1.82 bits per heavy atom. The van der Waals surface area contributed by atoms with Gasteiger partial charge in [-0.15, -0.1) is 17.9 Å². The smallest absolute Gasteiger partial charge is 0.408 e. The Hall–Kier alpha value is -4.92. The molecule has 5 atom stereocenters. The molecule has 1 aromatic carbocycles. The molecule has 15 heteroatoms. The zero-order chi connectivity index (χ0) is 40.5. The molecule has 3 heterocycles. The fourth-order valence-corrected chi connectivity index (χ4v) is 7.45. The molecule has 14 nitrogen and oxygen atoms in total. The number of rotatable bonds is 13. The number of thiazole rings is 1. The van der Waals surface area contributed by atoms with Gasteiger partial charge in [0.25, 0.3) is 0 Å². The highest BCUT2D eigenvalue weighted by atomic mass is 32.1. The van der Waals surface area contributed by atoms with E-state index >= 15 is 0 Å². The van der Waals surface area contributed by atoms with Gasteiger partial charge in [-0.25, -0.2) is 19.6 Å². The number of nitrogens with one attached hydrogen (secondary N) is 3. The number of pyridine rings is 1. The lowest BCUT2D eigenvalue weighted by atomic mass is 9.85. The number of ether oxygens (including phenoxy) is 4. The Bertz CT molecular complexity index is 1930. The summed E-state index contributed by atoms with van der Waals surface area (Å²) in [7, 11) is 1.58. The lowest BCUT2D eigenvalue weighted by molar-refractivity contribution is -0.150. The Kier molecular flexibility index (Phi) is 12.0. The van der Waals surface area contributed by atoms with Crippen LogP contribution in [0, 0.1) is 11.3 Å². The van der Waals surface area contributed by atoms with E-state index in [4.69, 9.17) is 28.9 Å². The molecule has 5 rings (SSSR count). The number of benzene rings is 1. The maximum atomic E-state index is 14.6. The average molecular weight is 779 g/mol. The summed E-state index contributed by atoms with van der Waals surface area (Å²) < 4.78 is 23.1. The first-order valence-electron chi connectivity index (χ1n) is 18.6. The minimum absolute atomic E-state index is 0.00521. The number of hydrogen-bond donors (Lipinski definition) is 3. The molecule has 3 aromatic rings. The highest BCUT2D eigenvalue weighted by molar-refractivity contribution is 7.14. The van der Waals surface area contributed by atoms with Gasteiger partial charge in [-0.2, -0.15) is 0 Å². The fraction of sp³-hybridized carbons (Fsp3) is 0.550. The van der Waals surface area contributed by atoms with Crippen molar-refractivity contribution in [3.8, 4) is 22.9 Å². The van der Waals surface area contributed by atoms with Crippen LogP contribution in [0.4, 0.5) is 9.93 Å². The van der Waals surface area contributed by atoms with Crippen molar-refractivity contribution in [3.63, 3.8) is 0 Å². The van der Waals surface area contributed by atoms with Crippen molar-refractivity contribution >= 4 is 51.2 Å². The quantitative estimate of drug-likeness (QED) is 0.135. The van der Waals surface area contributed by atoms with Crippen LogP contribution >= 0.6 is 11.3 Å². The summed E-state index contributed by atoms with van der Waals surface area (Å²) in [5, 5.41) is 12.4. The van der Waals surface area contributed by atoms with Crippen molar-refractivity contribution in [1.29, 1.82) is 0 Å². The van der Waals surface area contributed by atoms with Gasteiger partial charge in [0.1, 0.15) is 46.5 Å². The highest BCUT2D eigenvalue weighted by Crippen LogP contribution is 2.46. The zero-order valence-electron chi connectivity index (χ0n) is 33.4. The van der Waals surface area contributed by atoms with Crippen molar-refractivity contribution in [1.82, 2.24) is 25.5 Å². The molecule has 1 aliphatic carbocycles. The number of methoxy groups -OCH3 is 1. The largest absolute Gasteiger partial charge is 0.497 e. The Labute approximate surface area is 326 Å². The van der Waals surface area contributed by atoms with Gasteiger partial charge in [0.15, 0.2) is 5.13 Å². The van der Waals surface area contributed by atoms with Gasteiger partial charge < -0.3 is 39.8 Å². The lowest BCUT2D eigenvalue weighted by Crippen LogP contribution is -2.59. The van der Waals surface area contributed by atoms with E-state index in [0.717, 1.165) is 5.13 Å². The number of aromatic nitrogens is 2. The van der Waals surface area contributed by atoms with Gasteiger partial charge in [-0.3, -0.25) is 9.59 Å². The summed E-state index contributed by atoms with van der Waals surface area (Å²) in [6.45, 7) is 20.4. The molecule has 2 fully saturated rings. The van der Waals surface area contributed by atoms with Gasteiger partial charge in [0.05, 0.1) is 31.5 Å². The number of likely N-dealkylation sites (tertiary alicyclic amines) is 1. The third kappa shape index (κ3) is 9.49. The summed E-state index contributed by atoms with van der Waals surface area (Å²) in [5.41, 5.74) is -1.05. The molecule has 3 amide bonds. The second-order valence-electron chi connectivity index (χ2n) is 16.4. The summed E-state index contributed by atoms with van der Waals surface area (Å²) in [6, 6.07) is 5.33. The molecule has 2 aliphatic rings. The molecule has 55 heavy (non-hydrogen) atoms. The van der Waals surface area contributed by atoms with Crippen LogP contribution in [0.3, 0.4) is 0 Å². The van der Waals surface area contributed by atoms with Crippen molar-refractivity contribution in [2.24, 2.45) is 11.3 Å². The van der Waals surface area contributed by atoms with Gasteiger partial charge in [-0.1, -0.05) is 26.8 Å². The molecule has 1 saturated heterocycles. The van der Waals surface area contributed by atoms with E-state index in [9.17, 15) is 19.2 Å². The van der Waals surface area contributed by atoms with E-state index in [1.165, 1.54) is 16.2 Å². The third-order valence-electron chi connectivity index (χ3n) is 9.36. The molecule has 298 valence electrons. The molecule has 1 saturated carbocycles. The number of hydrogen-bond acceptors (Lipinski definition) is 12. The van der Waals surface area contributed by atoms with Crippen LogP contribution < -0.4 is 25.4 Å². The average Bonchev–Trinajstić information content (AvgIpc) is 3.37. The van der Waals surface area contributed by atoms with Gasteiger partial charge in [0.2, 0.25) is 11.8 Å². The molecular formula is C40H54N6O8S. The van der Waals surface area contributed by atoms with E-state index in [2.05, 4.69) is 22.5 Å². The molecule has 5 unspecified atom stereocenters. The van der Waals surface area contributed by atoms with Crippen LogP contribution in [0.2, 0.25) is 0 Å². The van der Waals surface area contributed by atoms with E-state index in [0.29, 0.717) is 40.2 Å². The van der Waals surface area contributed by atoms with E-state index in [-0.39, 0.29) is 31.5 Å². The minimum Gasteiger partial charge on any atom is -0.497 e. The number of carbonyl (C=O) groups is 4. The summed E-state index contributed by atoms with van der Waals surface area (Å²) in [5.74, 6) is -0.843. The first-order valence-corrected chi connectivity index (χ1v) is 19.5. The van der Waals surface area contributed by atoms with E-state index in [1.54, 1.807) is 46.9 Å². The Morgan fingerprint density at radius 3 is 2.42 bits per heavy atom. The normalized spacial score (nSPS) is 21.4. The molecule has 3 N–H and O–H groups in total. The number of carbonyl (C=O) groups excluding carboxylic acids is 4. The maximum Gasteiger partial charge on any atom is 0.408 e. The SMILES string of the molecule is C=CC1CC1(NC(=O)C1CC(Oc2cc(-c3csc(NC(C)C)n3)nc3cc(OC)ccc23)CN1C(=O)C(NC(=O)OC(C)(C)C)C(C)(C)C)C(=O)OCC. The first kappa shape index (κ1) is 41.2. The highest BCUT2D eigenvalue weighted by Gasteiger charge is 2.62. The molecule has 0 bridgehead atoms. The summed E-state index contributed by atoms with van der Waals surface area (Å²) >= 11 is 1.46. The monoisotopic (exact) mass is 778 g/mol. The van der Waals surface area contributed by atoms with E-state index in [1.807, 2.05) is 58.2 Å². The number of nitrogens with zero attached hydrogens (tertiary/aromatic N) is 3. The second kappa shape index (κ2) is 16.0. The number of esters is 1. The van der Waals surface area contributed by atoms with Gasteiger partial charge in [-0.05, 0) is 65.5 Å². The zero-order valence-corrected chi connectivity index (χ0v) is 34.2. The van der Waals surface area contributed by atoms with Crippen LogP contribution in [-0.2, 0) is 23.9 Å². The van der Waals surface area contributed by atoms with Crippen LogP contribution in [-0.4, -0.2) is 94.4 Å². The summed E-state index contributed by atoms with van der Waals surface area (Å²) in [6.07, 6.45) is 0.595. The predicted octanol–water partition coefficient (Wildman–Crippen LogP) is 6.10. The molecule has 0 radical (unpaired) electrons. The molecule has 2 aromatic heterocycles. The number of anilines is 1. The Morgan fingerprint density at radius 1 is 1.09 bits per heavy atom. The third-order valence-corrected chi connectivity index (χ3v) is 10.1. The van der Waals surface area contributed by atoms with Crippen LogP contribution in [0.15, 0.2) is 42.3 Å². The number of amides is 3. The maximum absolute atomic E-state index is 14.6. The standard InChI is InChI=1S/C40H54N6O8S/c1-12-23-19-40(23,35(49)52-13-2)45-33(47)30-17-25(20-46(30)34(48)32(38(5,6)7)44-37(50)54-39(8,9)10)53-31-18-28(29-21-55-36(43-29)41-22(3)4)42-27-16-24(51-11)14-15-26(27)31/h12,14-16,18,21-23,25,30,32H,1,13,17,19-20H2,2-11H3,(H,41,43)(H,44,50)(H,45,47). The lowest BCUT2D eigenvalue weighted by Gasteiger charge is -2.36. The van der Waals surface area contributed by atoms with Crippen molar-refractivity contribution in [2.75, 3.05) is 25.6 Å². The second-order valence-corrected chi connectivity index (χ2v) is 17.2. The number of fused-ring (bicyclic) bond motifs is 1. The van der Waals surface area contributed by atoms with Crippen LogP contribution in [0.5, 0.6) is 11.5 Å². The van der Waals surface area contributed by atoms with Gasteiger partial charge in [0, 0.05) is 41.3 Å². The van der Waals surface area contributed by atoms with Crippen molar-refractivity contribution < 1.29 is 38.1 Å². The van der Waals surface area contributed by atoms with Gasteiger partial charge >= 0.3 is 12.1 Å². The number of alkyl carbamates (subject to hydrolysis) is 1. The van der Waals surface area contributed by atoms with Crippen LogP contribution in [0.25, 0.3) is 22.3 Å².